The topological polar surface area (TPSA) is 80.9 Å². The lowest BCUT2D eigenvalue weighted by molar-refractivity contribution is 0.0387. The summed E-state index contributed by atoms with van der Waals surface area (Å²) in [4.78, 5) is 21.1. The van der Waals surface area contributed by atoms with Crippen molar-refractivity contribution < 1.29 is 18.8 Å². The quantitative estimate of drug-likeness (QED) is 0.840. The summed E-state index contributed by atoms with van der Waals surface area (Å²) in [5.74, 6) is 1.03. The van der Waals surface area contributed by atoms with Gasteiger partial charge in [-0.2, -0.15) is 4.98 Å². The minimum absolute atomic E-state index is 0.0540. The second-order valence-corrected chi connectivity index (χ2v) is 5.92. The minimum atomic E-state index is -0.123. The molecule has 2 saturated heterocycles. The first-order chi connectivity index (χ1) is 11.3. The van der Waals surface area contributed by atoms with Gasteiger partial charge in [0, 0.05) is 26.7 Å². The Morgan fingerprint density at radius 2 is 2.09 bits per heavy atom. The number of hydrogen-bond acceptors (Lipinski definition) is 6. The molecule has 2 aliphatic rings. The van der Waals surface area contributed by atoms with Gasteiger partial charge in [-0.15, -0.1) is 0 Å². The summed E-state index contributed by atoms with van der Waals surface area (Å²) in [6.07, 6.45) is 4.05. The van der Waals surface area contributed by atoms with E-state index in [1.807, 2.05) is 9.80 Å². The van der Waals surface area contributed by atoms with Gasteiger partial charge in [-0.25, -0.2) is 4.79 Å². The van der Waals surface area contributed by atoms with Gasteiger partial charge in [-0.3, -0.25) is 0 Å². The first kappa shape index (κ1) is 16.2. The zero-order chi connectivity index (χ0) is 16.1. The van der Waals surface area contributed by atoms with Crippen LogP contribution in [0, 0.1) is 0 Å². The van der Waals surface area contributed by atoms with Gasteiger partial charge in [-0.1, -0.05) is 18.0 Å². The molecule has 1 aromatic rings. The number of rotatable bonds is 3. The Morgan fingerprint density at radius 1 is 1.26 bits per heavy atom. The molecule has 23 heavy (non-hydrogen) atoms. The van der Waals surface area contributed by atoms with Gasteiger partial charge < -0.3 is 23.8 Å². The fraction of sp³-hybridized carbons (Fsp3) is 0.800. The Hall–Kier alpha value is -1.67. The third kappa shape index (κ3) is 3.81. The number of hydrogen-bond donors (Lipinski definition) is 0. The molecule has 0 aliphatic carbocycles. The molecule has 0 saturated carbocycles. The van der Waals surface area contributed by atoms with Crippen LogP contribution in [0.2, 0.25) is 0 Å². The molecule has 2 aliphatic heterocycles. The van der Waals surface area contributed by atoms with E-state index >= 15 is 0 Å². The maximum atomic E-state index is 12.9. The fourth-order valence-electron chi connectivity index (χ4n) is 3.13. The van der Waals surface area contributed by atoms with Crippen molar-refractivity contribution >= 4 is 6.03 Å². The molecular formula is C15H24N4O4. The lowest BCUT2D eigenvalue weighted by atomic mass is 10.1. The van der Waals surface area contributed by atoms with E-state index in [9.17, 15) is 4.79 Å². The fourth-order valence-corrected chi connectivity index (χ4v) is 3.13. The highest BCUT2D eigenvalue weighted by atomic mass is 16.5. The lowest BCUT2D eigenvalue weighted by Crippen LogP contribution is -2.49. The minimum Gasteiger partial charge on any atom is -0.378 e. The smallest absolute Gasteiger partial charge is 0.320 e. The number of amides is 2. The average molecular weight is 324 g/mol. The van der Waals surface area contributed by atoms with Crippen molar-refractivity contribution in [3.63, 3.8) is 0 Å². The predicted molar refractivity (Wildman–Crippen MR) is 80.7 cm³/mol. The molecule has 1 atom stereocenters. The molecule has 8 heteroatoms. The van der Waals surface area contributed by atoms with Crippen LogP contribution in [0.25, 0.3) is 0 Å². The molecule has 0 aromatic carbocycles. The first-order valence-corrected chi connectivity index (χ1v) is 8.24. The van der Waals surface area contributed by atoms with E-state index in [1.165, 1.54) is 0 Å². The van der Waals surface area contributed by atoms with Gasteiger partial charge in [-0.05, 0) is 12.8 Å². The molecule has 3 rings (SSSR count). The van der Waals surface area contributed by atoms with E-state index in [0.717, 1.165) is 32.2 Å². The van der Waals surface area contributed by atoms with Crippen molar-refractivity contribution in [3.8, 4) is 0 Å². The third-order valence-corrected chi connectivity index (χ3v) is 4.33. The highest BCUT2D eigenvalue weighted by Gasteiger charge is 2.33. The summed E-state index contributed by atoms with van der Waals surface area (Å²) < 4.78 is 15.6. The molecular weight excluding hydrogens is 300 g/mol. The molecule has 8 nitrogen and oxygen atoms in total. The van der Waals surface area contributed by atoms with Crippen molar-refractivity contribution in [2.24, 2.45) is 0 Å². The Bertz CT molecular complexity index is 515. The maximum Gasteiger partial charge on any atom is 0.320 e. The van der Waals surface area contributed by atoms with E-state index in [4.69, 9.17) is 14.0 Å². The van der Waals surface area contributed by atoms with Crippen molar-refractivity contribution in [2.75, 3.05) is 40.0 Å². The number of carbonyl (C=O) groups excluding carboxylic acids is 1. The van der Waals surface area contributed by atoms with Crippen LogP contribution in [0.1, 0.15) is 43.4 Å². The van der Waals surface area contributed by atoms with Crippen LogP contribution < -0.4 is 0 Å². The molecule has 128 valence electrons. The number of carbonyl (C=O) groups is 1. The summed E-state index contributed by atoms with van der Waals surface area (Å²) in [5, 5.41) is 4.07. The van der Waals surface area contributed by atoms with Gasteiger partial charge >= 0.3 is 6.03 Å². The van der Waals surface area contributed by atoms with Crippen LogP contribution in [0.15, 0.2) is 4.52 Å². The molecule has 0 unspecified atom stereocenters. The predicted octanol–water partition coefficient (Wildman–Crippen LogP) is 1.59. The standard InChI is InChI=1S/C15H24N4O4/c1-21-11-13-16-14(17-23-13)12-5-3-2-4-6-19(12)15(20)18-7-9-22-10-8-18/h12H,2-11H2,1H3/t12-/m0/s1. The number of morpholine rings is 1. The van der Waals surface area contributed by atoms with Crippen molar-refractivity contribution in [1.29, 1.82) is 0 Å². The number of methoxy groups -OCH3 is 1. The number of likely N-dealkylation sites (tertiary alicyclic amines) is 1. The summed E-state index contributed by atoms with van der Waals surface area (Å²) in [6.45, 7) is 3.51. The second kappa shape index (κ2) is 7.74. The first-order valence-electron chi connectivity index (χ1n) is 8.24. The van der Waals surface area contributed by atoms with Gasteiger partial charge in [0.2, 0.25) is 0 Å². The summed E-state index contributed by atoms with van der Waals surface area (Å²) in [5.41, 5.74) is 0. The highest BCUT2D eigenvalue weighted by Crippen LogP contribution is 2.29. The van der Waals surface area contributed by atoms with Crippen LogP contribution in [-0.4, -0.2) is 65.9 Å². The highest BCUT2D eigenvalue weighted by molar-refractivity contribution is 5.75. The Morgan fingerprint density at radius 3 is 2.87 bits per heavy atom. The molecule has 0 spiro atoms. The SMILES string of the molecule is COCc1nc([C@@H]2CCCCCN2C(=O)N2CCOCC2)no1. The van der Waals surface area contributed by atoms with Gasteiger partial charge in [0.05, 0.1) is 19.3 Å². The molecule has 2 fully saturated rings. The third-order valence-electron chi connectivity index (χ3n) is 4.33. The molecule has 0 radical (unpaired) electrons. The number of urea groups is 1. The summed E-state index contributed by atoms with van der Waals surface area (Å²) in [7, 11) is 1.59. The van der Waals surface area contributed by atoms with Crippen LogP contribution in [0.5, 0.6) is 0 Å². The van der Waals surface area contributed by atoms with E-state index in [0.29, 0.717) is 38.0 Å². The second-order valence-electron chi connectivity index (χ2n) is 5.92. The lowest BCUT2D eigenvalue weighted by Gasteiger charge is -2.35. The Kier molecular flexibility index (Phi) is 5.45. The monoisotopic (exact) mass is 324 g/mol. The van der Waals surface area contributed by atoms with Crippen molar-refractivity contribution in [1.82, 2.24) is 19.9 Å². The number of ether oxygens (including phenoxy) is 2. The van der Waals surface area contributed by atoms with Crippen LogP contribution in [0.3, 0.4) is 0 Å². The summed E-state index contributed by atoms with van der Waals surface area (Å²) in [6, 6.07) is -0.0690. The van der Waals surface area contributed by atoms with Crippen molar-refractivity contribution in [3.05, 3.63) is 11.7 Å². The van der Waals surface area contributed by atoms with E-state index in [2.05, 4.69) is 10.1 Å². The maximum absolute atomic E-state index is 12.9. The Balaban J connectivity index is 1.77. The molecule has 1 aromatic heterocycles. The van der Waals surface area contributed by atoms with Crippen molar-refractivity contribution in [2.45, 2.75) is 38.3 Å². The molecule has 0 bridgehead atoms. The van der Waals surface area contributed by atoms with E-state index < -0.39 is 0 Å². The molecule has 2 amide bonds. The Labute approximate surface area is 135 Å². The van der Waals surface area contributed by atoms with Gasteiger partial charge in [0.1, 0.15) is 6.61 Å². The van der Waals surface area contributed by atoms with Gasteiger partial charge in [0.15, 0.2) is 5.82 Å². The molecule has 0 N–H and O–H groups in total. The number of aromatic nitrogens is 2. The van der Waals surface area contributed by atoms with Gasteiger partial charge in [0.25, 0.3) is 5.89 Å². The average Bonchev–Trinajstić information content (AvgIpc) is 2.91. The number of nitrogens with zero attached hydrogens (tertiary/aromatic N) is 4. The zero-order valence-corrected chi connectivity index (χ0v) is 13.6. The van der Waals surface area contributed by atoms with E-state index in [-0.39, 0.29) is 18.7 Å². The molecule has 3 heterocycles. The van der Waals surface area contributed by atoms with E-state index in [1.54, 1.807) is 7.11 Å². The largest absolute Gasteiger partial charge is 0.378 e. The van der Waals surface area contributed by atoms with Crippen LogP contribution >= 0.6 is 0 Å². The summed E-state index contributed by atoms with van der Waals surface area (Å²) >= 11 is 0. The zero-order valence-electron chi connectivity index (χ0n) is 13.6. The van der Waals surface area contributed by atoms with Crippen LogP contribution in [0.4, 0.5) is 4.79 Å². The van der Waals surface area contributed by atoms with Crippen LogP contribution in [-0.2, 0) is 16.1 Å². The normalized spacial score (nSPS) is 22.9.